The van der Waals surface area contributed by atoms with Gasteiger partial charge in [0.1, 0.15) is 0 Å². The standard InChI is InChI=1S/C24H33N3O4S2/c1-4-33(29,30)19-9-7-17(8-10-19)12-21(28)25-24-26-22-20(32-24)14-27(23(22)16(2)3)13-18-6-5-11-31-15-18/h7-10,16,18,23H,4-6,11-15H2,1-3H3,(H,25,26,28)/t18-,23?/m0/s1. The number of fused-ring (bicyclic) bond motifs is 1. The first-order valence-corrected chi connectivity index (χ1v) is 14.2. The first kappa shape index (κ1) is 24.3. The Morgan fingerprint density at radius 3 is 2.70 bits per heavy atom. The normalized spacial score (nSPS) is 21.3. The number of hydrogen-bond donors (Lipinski definition) is 1. The fraction of sp³-hybridized carbons (Fsp3) is 0.583. The van der Waals surface area contributed by atoms with Crippen molar-refractivity contribution in [2.75, 3.05) is 30.8 Å². The Hall–Kier alpha value is -1.81. The minimum atomic E-state index is -3.24. The Morgan fingerprint density at radius 2 is 2.06 bits per heavy atom. The molecule has 33 heavy (non-hydrogen) atoms. The van der Waals surface area contributed by atoms with Crippen molar-refractivity contribution >= 4 is 32.2 Å². The van der Waals surface area contributed by atoms with E-state index in [1.165, 1.54) is 11.3 Å². The molecule has 1 saturated heterocycles. The highest BCUT2D eigenvalue weighted by atomic mass is 32.2. The van der Waals surface area contributed by atoms with Crippen LogP contribution in [0.1, 0.15) is 55.8 Å². The smallest absolute Gasteiger partial charge is 0.230 e. The van der Waals surface area contributed by atoms with Crippen molar-refractivity contribution in [2.24, 2.45) is 11.8 Å². The van der Waals surface area contributed by atoms with E-state index in [9.17, 15) is 13.2 Å². The molecule has 1 amide bonds. The van der Waals surface area contributed by atoms with Gasteiger partial charge in [0.05, 0.1) is 35.4 Å². The van der Waals surface area contributed by atoms with Crippen LogP contribution in [0.2, 0.25) is 0 Å². The number of amides is 1. The van der Waals surface area contributed by atoms with Crippen LogP contribution in [0.15, 0.2) is 29.2 Å². The van der Waals surface area contributed by atoms with Crippen molar-refractivity contribution < 1.29 is 17.9 Å². The monoisotopic (exact) mass is 491 g/mol. The highest BCUT2D eigenvalue weighted by Crippen LogP contribution is 2.43. The van der Waals surface area contributed by atoms with Gasteiger partial charge in [-0.15, -0.1) is 11.3 Å². The number of aromatic nitrogens is 1. The van der Waals surface area contributed by atoms with Gasteiger partial charge in [0.15, 0.2) is 15.0 Å². The van der Waals surface area contributed by atoms with Crippen LogP contribution in [0.4, 0.5) is 5.13 Å². The molecular weight excluding hydrogens is 458 g/mol. The van der Waals surface area contributed by atoms with E-state index in [4.69, 9.17) is 9.72 Å². The molecule has 1 aromatic heterocycles. The molecule has 9 heteroatoms. The summed E-state index contributed by atoms with van der Waals surface area (Å²) in [5.41, 5.74) is 1.86. The van der Waals surface area contributed by atoms with Gasteiger partial charge in [-0.1, -0.05) is 32.9 Å². The second-order valence-corrected chi connectivity index (χ2v) is 12.7. The Kier molecular flexibility index (Phi) is 7.53. The number of carbonyl (C=O) groups excluding carboxylic acids is 1. The summed E-state index contributed by atoms with van der Waals surface area (Å²) in [4.78, 5) is 21.5. The number of benzene rings is 1. The van der Waals surface area contributed by atoms with Crippen molar-refractivity contribution in [3.05, 3.63) is 40.4 Å². The largest absolute Gasteiger partial charge is 0.381 e. The Labute approximate surface area is 200 Å². The molecule has 7 nitrogen and oxygen atoms in total. The van der Waals surface area contributed by atoms with Crippen LogP contribution in [0, 0.1) is 11.8 Å². The van der Waals surface area contributed by atoms with Crippen molar-refractivity contribution in [3.63, 3.8) is 0 Å². The molecular formula is C24H33N3O4S2. The minimum absolute atomic E-state index is 0.0603. The Balaban J connectivity index is 1.38. The molecule has 0 aliphatic carbocycles. The molecule has 2 aliphatic heterocycles. The van der Waals surface area contributed by atoms with Crippen molar-refractivity contribution in [2.45, 2.75) is 57.5 Å². The molecule has 0 radical (unpaired) electrons. The van der Waals surface area contributed by atoms with Crippen LogP contribution >= 0.6 is 11.3 Å². The molecule has 0 saturated carbocycles. The molecule has 0 spiro atoms. The lowest BCUT2D eigenvalue weighted by Crippen LogP contribution is -2.34. The van der Waals surface area contributed by atoms with E-state index in [-0.39, 0.29) is 29.0 Å². The van der Waals surface area contributed by atoms with E-state index in [0.29, 0.717) is 17.0 Å². The molecule has 2 atom stereocenters. The summed E-state index contributed by atoms with van der Waals surface area (Å²) in [6.45, 7) is 9.69. The quantitative estimate of drug-likeness (QED) is 0.599. The average molecular weight is 492 g/mol. The van der Waals surface area contributed by atoms with Gasteiger partial charge in [-0.2, -0.15) is 0 Å². The van der Waals surface area contributed by atoms with E-state index in [2.05, 4.69) is 24.1 Å². The van der Waals surface area contributed by atoms with E-state index >= 15 is 0 Å². The molecule has 4 rings (SSSR count). The highest BCUT2D eigenvalue weighted by Gasteiger charge is 2.37. The zero-order valence-electron chi connectivity index (χ0n) is 19.5. The molecule has 1 unspecified atom stereocenters. The van der Waals surface area contributed by atoms with Crippen LogP contribution in [-0.2, 0) is 32.3 Å². The van der Waals surface area contributed by atoms with Crippen LogP contribution < -0.4 is 5.32 Å². The summed E-state index contributed by atoms with van der Waals surface area (Å²) in [6, 6.07) is 6.80. The van der Waals surface area contributed by atoms with Gasteiger partial charge in [0.2, 0.25) is 5.91 Å². The van der Waals surface area contributed by atoms with Gasteiger partial charge < -0.3 is 10.1 Å². The molecule has 3 heterocycles. The zero-order valence-corrected chi connectivity index (χ0v) is 21.2. The lowest BCUT2D eigenvalue weighted by molar-refractivity contribution is -0.115. The van der Waals surface area contributed by atoms with E-state index < -0.39 is 9.84 Å². The molecule has 0 bridgehead atoms. The maximum Gasteiger partial charge on any atom is 0.230 e. The number of sulfone groups is 1. The average Bonchev–Trinajstić information content (AvgIpc) is 3.31. The summed E-state index contributed by atoms with van der Waals surface area (Å²) in [5.74, 6) is 0.919. The molecule has 1 fully saturated rings. The van der Waals surface area contributed by atoms with Crippen molar-refractivity contribution in [1.29, 1.82) is 0 Å². The van der Waals surface area contributed by atoms with Crippen molar-refractivity contribution in [3.8, 4) is 0 Å². The molecule has 1 N–H and O–H groups in total. The maximum absolute atomic E-state index is 12.6. The number of thiazole rings is 1. The van der Waals surface area contributed by atoms with E-state index in [0.717, 1.165) is 44.0 Å². The van der Waals surface area contributed by atoms with Crippen molar-refractivity contribution in [1.82, 2.24) is 9.88 Å². The van der Waals surface area contributed by atoms with Crippen LogP contribution in [0.25, 0.3) is 0 Å². The predicted molar refractivity (Wildman–Crippen MR) is 130 cm³/mol. The summed E-state index contributed by atoms with van der Waals surface area (Å²) >= 11 is 1.56. The molecule has 1 aromatic carbocycles. The van der Waals surface area contributed by atoms with Gasteiger partial charge in [-0.3, -0.25) is 9.69 Å². The highest BCUT2D eigenvalue weighted by molar-refractivity contribution is 7.91. The number of ether oxygens (including phenoxy) is 1. The van der Waals surface area contributed by atoms with Gasteiger partial charge in [0.25, 0.3) is 0 Å². The third-order valence-corrected chi connectivity index (χ3v) is 9.12. The number of rotatable bonds is 8. The van der Waals surface area contributed by atoms with Gasteiger partial charge in [-0.05, 0) is 42.4 Å². The second kappa shape index (κ2) is 10.2. The van der Waals surface area contributed by atoms with Crippen LogP contribution in [-0.4, -0.2) is 49.7 Å². The first-order chi connectivity index (χ1) is 15.8. The molecule has 180 valence electrons. The minimum Gasteiger partial charge on any atom is -0.381 e. The molecule has 2 aromatic rings. The number of nitrogens with zero attached hydrogens (tertiary/aromatic N) is 2. The number of carbonyl (C=O) groups is 1. The third-order valence-electron chi connectivity index (χ3n) is 6.40. The van der Waals surface area contributed by atoms with Crippen LogP contribution in [0.5, 0.6) is 0 Å². The lowest BCUT2D eigenvalue weighted by atomic mass is 9.98. The van der Waals surface area contributed by atoms with Gasteiger partial charge in [0, 0.05) is 24.6 Å². The Bertz CT molecular complexity index is 1070. The third kappa shape index (κ3) is 5.65. The molecule has 2 aliphatic rings. The SMILES string of the molecule is CCS(=O)(=O)c1ccc(CC(=O)Nc2nc3c(s2)CN(C[C@@H]2CCCOC2)C3C(C)C)cc1. The number of hydrogen-bond acceptors (Lipinski definition) is 7. The van der Waals surface area contributed by atoms with Crippen LogP contribution in [0.3, 0.4) is 0 Å². The second-order valence-electron chi connectivity index (χ2n) is 9.30. The summed E-state index contributed by atoms with van der Waals surface area (Å²) in [5, 5.41) is 3.58. The zero-order chi connectivity index (χ0) is 23.6. The fourth-order valence-electron chi connectivity index (χ4n) is 4.75. The predicted octanol–water partition coefficient (Wildman–Crippen LogP) is 4.06. The van der Waals surface area contributed by atoms with E-state index in [1.807, 2.05) is 0 Å². The first-order valence-electron chi connectivity index (χ1n) is 11.7. The topological polar surface area (TPSA) is 88.6 Å². The lowest BCUT2D eigenvalue weighted by Gasteiger charge is -2.32. The Morgan fingerprint density at radius 1 is 1.30 bits per heavy atom. The maximum atomic E-state index is 12.6. The summed E-state index contributed by atoms with van der Waals surface area (Å²) in [6.07, 6.45) is 2.53. The summed E-state index contributed by atoms with van der Waals surface area (Å²) < 4.78 is 29.6. The number of nitrogens with one attached hydrogen (secondary N) is 1. The summed E-state index contributed by atoms with van der Waals surface area (Å²) in [7, 11) is -3.24. The van der Waals surface area contributed by atoms with E-state index in [1.54, 1.807) is 42.5 Å². The fourth-order valence-corrected chi connectivity index (χ4v) is 6.67. The van der Waals surface area contributed by atoms with Gasteiger partial charge >= 0.3 is 0 Å². The van der Waals surface area contributed by atoms with Gasteiger partial charge in [-0.25, -0.2) is 13.4 Å². The number of anilines is 1.